The van der Waals surface area contributed by atoms with E-state index >= 15 is 0 Å². The molecule has 2 aromatic rings. The predicted octanol–water partition coefficient (Wildman–Crippen LogP) is 2.62. The summed E-state index contributed by atoms with van der Waals surface area (Å²) in [6.07, 6.45) is 3.85. The van der Waals surface area contributed by atoms with E-state index < -0.39 is 6.10 Å². The molecule has 1 saturated carbocycles. The van der Waals surface area contributed by atoms with E-state index in [4.69, 9.17) is 4.84 Å². The van der Waals surface area contributed by atoms with Crippen molar-refractivity contribution in [3.05, 3.63) is 47.5 Å². The van der Waals surface area contributed by atoms with Gasteiger partial charge in [0, 0.05) is 18.2 Å². The lowest BCUT2D eigenvalue weighted by Crippen LogP contribution is -2.31. The van der Waals surface area contributed by atoms with Gasteiger partial charge in [-0.1, -0.05) is 41.6 Å². The van der Waals surface area contributed by atoms with Crippen LogP contribution in [0.2, 0.25) is 0 Å². The Bertz CT molecular complexity index is 737. The second kappa shape index (κ2) is 6.30. The molecule has 2 aliphatic rings. The van der Waals surface area contributed by atoms with Crippen LogP contribution in [0.1, 0.15) is 30.4 Å². The van der Waals surface area contributed by atoms with Crippen molar-refractivity contribution in [2.75, 3.05) is 13.2 Å². The Kier molecular flexibility index (Phi) is 4.02. The van der Waals surface area contributed by atoms with Crippen LogP contribution >= 0.6 is 0 Å². The van der Waals surface area contributed by atoms with Crippen molar-refractivity contribution >= 4 is 16.5 Å². The Hall–Kier alpha value is -1.91. The minimum atomic E-state index is -0.502. The molecule has 1 fully saturated rings. The molecular weight excluding hydrogens is 288 g/mol. The van der Waals surface area contributed by atoms with Gasteiger partial charge in [-0.2, -0.15) is 0 Å². The molecule has 23 heavy (non-hydrogen) atoms. The van der Waals surface area contributed by atoms with Gasteiger partial charge in [0.25, 0.3) is 0 Å². The van der Waals surface area contributed by atoms with E-state index in [-0.39, 0.29) is 6.61 Å². The molecule has 0 spiro atoms. The smallest absolute Gasteiger partial charge is 0.144 e. The molecule has 2 N–H and O–H groups in total. The lowest BCUT2D eigenvalue weighted by Gasteiger charge is -2.10. The lowest BCUT2D eigenvalue weighted by atomic mass is 10.0. The van der Waals surface area contributed by atoms with E-state index in [1.165, 1.54) is 34.7 Å². The number of aliphatic hydroxyl groups excluding tert-OH is 1. The second-order valence-electron chi connectivity index (χ2n) is 6.48. The largest absolute Gasteiger partial charge is 0.393 e. The second-order valence-corrected chi connectivity index (χ2v) is 6.48. The lowest BCUT2D eigenvalue weighted by molar-refractivity contribution is 0.0401. The zero-order valence-corrected chi connectivity index (χ0v) is 13.2. The molecule has 2 aliphatic carbocycles. The summed E-state index contributed by atoms with van der Waals surface area (Å²) >= 11 is 0. The summed E-state index contributed by atoms with van der Waals surface area (Å²) in [5.74, 6) is 0. The first-order valence-electron chi connectivity index (χ1n) is 8.42. The van der Waals surface area contributed by atoms with Crippen molar-refractivity contribution in [1.82, 2.24) is 5.32 Å². The number of aliphatic hydroxyl groups is 1. The van der Waals surface area contributed by atoms with Gasteiger partial charge in [0.05, 0.1) is 5.71 Å². The average molecular weight is 310 g/mol. The zero-order valence-electron chi connectivity index (χ0n) is 13.2. The molecule has 4 heteroatoms. The highest BCUT2D eigenvalue weighted by molar-refractivity contribution is 6.08. The molecule has 0 aromatic heterocycles. The summed E-state index contributed by atoms with van der Waals surface area (Å²) < 4.78 is 0. The number of nitrogens with zero attached hydrogens (tertiary/aromatic N) is 1. The number of rotatable bonds is 6. The molecule has 4 nitrogen and oxygen atoms in total. The molecular formula is C19H22N2O2. The number of hydrogen-bond donors (Lipinski definition) is 2. The number of fused-ring (bicyclic) bond motifs is 3. The van der Waals surface area contributed by atoms with Gasteiger partial charge in [-0.05, 0) is 42.0 Å². The Morgan fingerprint density at radius 2 is 2.04 bits per heavy atom. The molecule has 0 saturated heterocycles. The number of benzene rings is 2. The Morgan fingerprint density at radius 1 is 1.17 bits per heavy atom. The van der Waals surface area contributed by atoms with Crippen LogP contribution in [0.4, 0.5) is 0 Å². The molecule has 0 amide bonds. The topological polar surface area (TPSA) is 53.8 Å². The molecule has 2 aromatic carbocycles. The minimum absolute atomic E-state index is 0.242. The first-order chi connectivity index (χ1) is 11.3. The van der Waals surface area contributed by atoms with Gasteiger partial charge < -0.3 is 15.3 Å². The summed E-state index contributed by atoms with van der Waals surface area (Å²) in [7, 11) is 0. The normalized spacial score (nSPS) is 20.0. The molecule has 0 bridgehead atoms. The van der Waals surface area contributed by atoms with Crippen LogP contribution < -0.4 is 5.32 Å². The SMILES string of the molecule is OC(CNC1CC1)CO/N=C1/CCc2c1ccc1ccccc21. The van der Waals surface area contributed by atoms with E-state index in [0.717, 1.165) is 18.6 Å². The van der Waals surface area contributed by atoms with Crippen LogP contribution in [0, 0.1) is 0 Å². The average Bonchev–Trinajstić information content (AvgIpc) is 3.32. The van der Waals surface area contributed by atoms with Crippen molar-refractivity contribution in [3.8, 4) is 0 Å². The zero-order chi connectivity index (χ0) is 15.6. The van der Waals surface area contributed by atoms with Gasteiger partial charge in [0.15, 0.2) is 0 Å². The van der Waals surface area contributed by atoms with Crippen molar-refractivity contribution in [3.63, 3.8) is 0 Å². The molecule has 1 unspecified atom stereocenters. The molecule has 0 aliphatic heterocycles. The van der Waals surface area contributed by atoms with E-state index in [2.05, 4.69) is 46.9 Å². The number of aryl methyl sites for hydroxylation is 1. The van der Waals surface area contributed by atoms with Crippen LogP contribution in [0.15, 0.2) is 41.6 Å². The molecule has 0 heterocycles. The van der Waals surface area contributed by atoms with Crippen LogP contribution in [0.5, 0.6) is 0 Å². The first kappa shape index (κ1) is 14.7. The van der Waals surface area contributed by atoms with E-state index in [0.29, 0.717) is 12.6 Å². The van der Waals surface area contributed by atoms with E-state index in [9.17, 15) is 5.11 Å². The Morgan fingerprint density at radius 3 is 2.91 bits per heavy atom. The molecule has 1 atom stereocenters. The van der Waals surface area contributed by atoms with Crippen LogP contribution in [0.25, 0.3) is 10.8 Å². The maximum Gasteiger partial charge on any atom is 0.144 e. The van der Waals surface area contributed by atoms with Gasteiger partial charge in [-0.3, -0.25) is 0 Å². The van der Waals surface area contributed by atoms with E-state index in [1.807, 2.05) is 0 Å². The predicted molar refractivity (Wildman–Crippen MR) is 91.8 cm³/mol. The van der Waals surface area contributed by atoms with Gasteiger partial charge in [-0.15, -0.1) is 0 Å². The highest BCUT2D eigenvalue weighted by Gasteiger charge is 2.22. The van der Waals surface area contributed by atoms with Crippen LogP contribution in [-0.2, 0) is 11.3 Å². The highest BCUT2D eigenvalue weighted by Crippen LogP contribution is 2.30. The van der Waals surface area contributed by atoms with Crippen molar-refractivity contribution < 1.29 is 9.94 Å². The van der Waals surface area contributed by atoms with Crippen molar-refractivity contribution in [2.45, 2.75) is 37.8 Å². The fourth-order valence-electron chi connectivity index (χ4n) is 3.20. The van der Waals surface area contributed by atoms with Gasteiger partial charge in [-0.25, -0.2) is 0 Å². The highest BCUT2D eigenvalue weighted by atomic mass is 16.6. The summed E-state index contributed by atoms with van der Waals surface area (Å²) in [4.78, 5) is 5.40. The fraction of sp³-hybridized carbons (Fsp3) is 0.421. The summed E-state index contributed by atoms with van der Waals surface area (Å²) in [6, 6.07) is 13.3. The number of hydrogen-bond acceptors (Lipinski definition) is 4. The van der Waals surface area contributed by atoms with Gasteiger partial charge in [0.1, 0.15) is 12.7 Å². The standard InChI is InChI=1S/C19H22N2O2/c22-15(11-20-14-6-7-14)12-23-21-19-10-9-17-16-4-2-1-3-13(16)5-8-18(17)19/h1-5,8,14-15,20,22H,6-7,9-12H2/b21-19-. The maximum atomic E-state index is 9.88. The Labute approximate surface area is 136 Å². The minimum Gasteiger partial charge on any atom is -0.393 e. The third-order valence-corrected chi connectivity index (χ3v) is 4.62. The maximum absolute atomic E-state index is 9.88. The fourth-order valence-corrected chi connectivity index (χ4v) is 3.20. The number of nitrogens with one attached hydrogen (secondary N) is 1. The molecule has 120 valence electrons. The van der Waals surface area contributed by atoms with Gasteiger partial charge >= 0.3 is 0 Å². The Balaban J connectivity index is 1.42. The summed E-state index contributed by atoms with van der Waals surface area (Å²) in [5, 5.41) is 20.0. The van der Waals surface area contributed by atoms with E-state index in [1.54, 1.807) is 0 Å². The van der Waals surface area contributed by atoms with Crippen LogP contribution in [0.3, 0.4) is 0 Å². The van der Waals surface area contributed by atoms with Crippen molar-refractivity contribution in [2.24, 2.45) is 5.16 Å². The summed E-state index contributed by atoms with van der Waals surface area (Å²) in [5.41, 5.74) is 3.55. The van der Waals surface area contributed by atoms with Crippen LogP contribution in [-0.4, -0.2) is 36.1 Å². The quantitative estimate of drug-likeness (QED) is 0.807. The molecule has 0 radical (unpaired) electrons. The van der Waals surface area contributed by atoms with Gasteiger partial charge in [0.2, 0.25) is 0 Å². The first-order valence-corrected chi connectivity index (χ1v) is 8.42. The third kappa shape index (κ3) is 3.23. The molecule has 4 rings (SSSR count). The monoisotopic (exact) mass is 310 g/mol. The summed E-state index contributed by atoms with van der Waals surface area (Å²) in [6.45, 7) is 0.822. The van der Waals surface area contributed by atoms with Crippen molar-refractivity contribution in [1.29, 1.82) is 0 Å². The third-order valence-electron chi connectivity index (χ3n) is 4.62. The number of oxime groups is 1.